The van der Waals surface area contributed by atoms with Gasteiger partial charge in [-0.15, -0.1) is 5.10 Å². The molecule has 3 heterocycles. The molecule has 144 valence electrons. The maximum atomic E-state index is 13.2. The van der Waals surface area contributed by atoms with Gasteiger partial charge in [0, 0.05) is 5.56 Å². The van der Waals surface area contributed by atoms with Crippen LogP contribution in [-0.2, 0) is 0 Å². The highest BCUT2D eigenvalue weighted by Crippen LogP contribution is 2.31. The first-order valence-corrected chi connectivity index (χ1v) is 8.75. The van der Waals surface area contributed by atoms with Crippen LogP contribution >= 0.6 is 0 Å². The summed E-state index contributed by atoms with van der Waals surface area (Å²) in [5.74, 6) is 1.44. The van der Waals surface area contributed by atoms with Gasteiger partial charge in [0.05, 0.1) is 31.5 Å². The normalized spacial score (nSPS) is 11.3. The molecule has 0 fully saturated rings. The van der Waals surface area contributed by atoms with Gasteiger partial charge in [-0.25, -0.2) is 23.6 Å². The van der Waals surface area contributed by atoms with Crippen LogP contribution in [0, 0.1) is 5.82 Å². The van der Waals surface area contributed by atoms with Crippen molar-refractivity contribution in [3.05, 3.63) is 60.8 Å². The third kappa shape index (κ3) is 2.75. The van der Waals surface area contributed by atoms with E-state index in [1.54, 1.807) is 54.1 Å². The molecule has 2 aromatic carbocycles. The fraction of sp³-hybridized carbons (Fsp3) is 0.100. The molecule has 0 aliphatic heterocycles. The first-order chi connectivity index (χ1) is 14.2. The molecule has 9 heteroatoms. The van der Waals surface area contributed by atoms with Gasteiger partial charge in [-0.2, -0.15) is 5.10 Å². The highest BCUT2D eigenvalue weighted by Gasteiger charge is 2.15. The molecule has 0 radical (unpaired) electrons. The Morgan fingerprint density at radius 3 is 2.48 bits per heavy atom. The van der Waals surface area contributed by atoms with E-state index in [4.69, 9.17) is 9.47 Å². The van der Waals surface area contributed by atoms with Gasteiger partial charge in [0.25, 0.3) is 0 Å². The zero-order valence-electron chi connectivity index (χ0n) is 15.6. The van der Waals surface area contributed by atoms with Gasteiger partial charge >= 0.3 is 0 Å². The molecule has 5 aromatic rings. The molecule has 3 aromatic heterocycles. The lowest BCUT2D eigenvalue weighted by Crippen LogP contribution is -1.99. The Morgan fingerprint density at radius 2 is 1.72 bits per heavy atom. The third-order valence-electron chi connectivity index (χ3n) is 4.62. The van der Waals surface area contributed by atoms with Crippen molar-refractivity contribution in [1.82, 2.24) is 29.4 Å². The fourth-order valence-corrected chi connectivity index (χ4v) is 3.19. The SMILES string of the molecule is COc1ccc(-c2nc3c4cnn(-c5ccc(F)cc5)c4ncn3n2)cc1OC. The summed E-state index contributed by atoms with van der Waals surface area (Å²) in [6, 6.07) is 11.5. The van der Waals surface area contributed by atoms with Crippen molar-refractivity contribution >= 4 is 16.7 Å². The number of hydrogen-bond donors (Lipinski definition) is 0. The van der Waals surface area contributed by atoms with Crippen LogP contribution in [0.3, 0.4) is 0 Å². The van der Waals surface area contributed by atoms with Crippen molar-refractivity contribution in [2.45, 2.75) is 0 Å². The quantitative estimate of drug-likeness (QED) is 0.469. The summed E-state index contributed by atoms with van der Waals surface area (Å²) < 4.78 is 27.1. The van der Waals surface area contributed by atoms with Gasteiger partial charge in [-0.3, -0.25) is 0 Å². The maximum absolute atomic E-state index is 13.2. The summed E-state index contributed by atoms with van der Waals surface area (Å²) in [4.78, 5) is 9.12. The van der Waals surface area contributed by atoms with Crippen molar-refractivity contribution in [2.75, 3.05) is 14.2 Å². The molecule has 0 aliphatic carbocycles. The van der Waals surface area contributed by atoms with Gasteiger partial charge in [-0.05, 0) is 42.5 Å². The van der Waals surface area contributed by atoms with Crippen LogP contribution in [0.1, 0.15) is 0 Å². The number of fused-ring (bicyclic) bond motifs is 3. The first kappa shape index (κ1) is 17.1. The molecule has 8 nitrogen and oxygen atoms in total. The lowest BCUT2D eigenvalue weighted by molar-refractivity contribution is 0.355. The summed E-state index contributed by atoms with van der Waals surface area (Å²) >= 11 is 0. The van der Waals surface area contributed by atoms with Gasteiger partial charge in [-0.1, -0.05) is 0 Å². The monoisotopic (exact) mass is 390 g/mol. The molecule has 0 amide bonds. The highest BCUT2D eigenvalue weighted by atomic mass is 19.1. The van der Waals surface area contributed by atoms with E-state index in [1.807, 2.05) is 12.1 Å². The number of aromatic nitrogens is 6. The Morgan fingerprint density at radius 1 is 0.931 bits per heavy atom. The Labute approximate surface area is 164 Å². The summed E-state index contributed by atoms with van der Waals surface area (Å²) in [7, 11) is 3.16. The minimum atomic E-state index is -0.308. The van der Waals surface area contributed by atoms with Crippen LogP contribution in [0.2, 0.25) is 0 Å². The molecule has 5 rings (SSSR count). The van der Waals surface area contributed by atoms with Gasteiger partial charge < -0.3 is 9.47 Å². The van der Waals surface area contributed by atoms with E-state index in [0.29, 0.717) is 34.3 Å². The van der Waals surface area contributed by atoms with Gasteiger partial charge in [0.2, 0.25) is 0 Å². The molecule has 0 unspecified atom stereocenters. The van der Waals surface area contributed by atoms with Crippen LogP contribution in [0.5, 0.6) is 11.5 Å². The van der Waals surface area contributed by atoms with Crippen molar-refractivity contribution < 1.29 is 13.9 Å². The van der Waals surface area contributed by atoms with E-state index in [1.165, 1.54) is 12.1 Å². The summed E-state index contributed by atoms with van der Waals surface area (Å²) in [6.45, 7) is 0. The number of rotatable bonds is 4. The van der Waals surface area contributed by atoms with Crippen molar-refractivity contribution in [2.24, 2.45) is 0 Å². The summed E-state index contributed by atoms with van der Waals surface area (Å²) in [5, 5.41) is 9.64. The molecule has 0 aliphatic rings. The summed E-state index contributed by atoms with van der Waals surface area (Å²) in [6.07, 6.45) is 3.25. The number of hydrogen-bond acceptors (Lipinski definition) is 6. The number of methoxy groups -OCH3 is 2. The standard InChI is InChI=1S/C20H15FN6O2/c1-28-16-8-3-12(9-17(16)29-2)18-24-20-15-10-23-27(14-6-4-13(21)5-7-14)19(15)22-11-26(20)25-18/h3-11H,1-2H3. The van der Waals surface area contributed by atoms with Crippen LogP contribution < -0.4 is 9.47 Å². The van der Waals surface area contributed by atoms with Crippen LogP contribution in [0.15, 0.2) is 55.0 Å². The second-order valence-electron chi connectivity index (χ2n) is 6.29. The van der Waals surface area contributed by atoms with E-state index in [-0.39, 0.29) is 5.82 Å². The van der Waals surface area contributed by atoms with Crippen LogP contribution in [0.25, 0.3) is 33.8 Å². The Hall–Kier alpha value is -4.01. The number of halogens is 1. The topological polar surface area (TPSA) is 79.4 Å². The molecule has 0 saturated heterocycles. The second kappa shape index (κ2) is 6.55. The minimum absolute atomic E-state index is 0.308. The largest absolute Gasteiger partial charge is 0.493 e. The third-order valence-corrected chi connectivity index (χ3v) is 4.62. The predicted octanol–water partition coefficient (Wildman–Crippen LogP) is 3.29. The molecular weight excluding hydrogens is 375 g/mol. The Balaban J connectivity index is 1.64. The van der Waals surface area contributed by atoms with Gasteiger partial charge in [0.1, 0.15) is 12.1 Å². The average molecular weight is 390 g/mol. The fourth-order valence-electron chi connectivity index (χ4n) is 3.19. The van der Waals surface area contributed by atoms with E-state index in [2.05, 4.69) is 20.2 Å². The number of benzene rings is 2. The lowest BCUT2D eigenvalue weighted by Gasteiger charge is -2.07. The number of ether oxygens (including phenoxy) is 2. The van der Waals surface area contributed by atoms with Crippen molar-refractivity contribution in [3.63, 3.8) is 0 Å². The van der Waals surface area contributed by atoms with Crippen LogP contribution in [0.4, 0.5) is 4.39 Å². The second-order valence-corrected chi connectivity index (χ2v) is 6.29. The minimum Gasteiger partial charge on any atom is -0.493 e. The summed E-state index contributed by atoms with van der Waals surface area (Å²) in [5.41, 5.74) is 2.71. The average Bonchev–Trinajstić information content (AvgIpc) is 3.37. The highest BCUT2D eigenvalue weighted by molar-refractivity contribution is 5.90. The molecule has 0 atom stereocenters. The van der Waals surface area contributed by atoms with E-state index < -0.39 is 0 Å². The van der Waals surface area contributed by atoms with Crippen molar-refractivity contribution in [1.29, 1.82) is 0 Å². The smallest absolute Gasteiger partial charge is 0.182 e. The van der Waals surface area contributed by atoms with Gasteiger partial charge in [0.15, 0.2) is 28.6 Å². The Kier molecular flexibility index (Phi) is 3.87. The zero-order valence-corrected chi connectivity index (χ0v) is 15.6. The molecular formula is C20H15FN6O2. The lowest BCUT2D eigenvalue weighted by atomic mass is 10.2. The first-order valence-electron chi connectivity index (χ1n) is 8.75. The molecule has 0 spiro atoms. The number of nitrogens with zero attached hydrogens (tertiary/aromatic N) is 6. The predicted molar refractivity (Wildman–Crippen MR) is 104 cm³/mol. The van der Waals surface area contributed by atoms with E-state index >= 15 is 0 Å². The molecule has 0 bridgehead atoms. The molecule has 29 heavy (non-hydrogen) atoms. The van der Waals surface area contributed by atoms with Crippen molar-refractivity contribution in [3.8, 4) is 28.6 Å². The maximum Gasteiger partial charge on any atom is 0.182 e. The zero-order chi connectivity index (χ0) is 20.0. The Bertz CT molecular complexity index is 1340. The van der Waals surface area contributed by atoms with E-state index in [0.717, 1.165) is 10.9 Å². The molecule has 0 saturated carbocycles. The van der Waals surface area contributed by atoms with Crippen LogP contribution in [-0.4, -0.2) is 43.6 Å². The van der Waals surface area contributed by atoms with E-state index in [9.17, 15) is 4.39 Å². The molecule has 0 N–H and O–H groups in total.